The number of benzene rings is 1. The number of nitrogens with zero attached hydrogens (tertiary/aromatic N) is 1. The quantitative estimate of drug-likeness (QED) is 0.307. The molecule has 2 N–H and O–H groups in total. The molecule has 2 rings (SSSR count). The molecular weight excluding hydrogens is 382 g/mol. The molecule has 0 radical (unpaired) electrons. The number of rotatable bonds is 12. The van der Waals surface area contributed by atoms with Crippen molar-refractivity contribution >= 4 is 11.9 Å². The van der Waals surface area contributed by atoms with Gasteiger partial charge in [-0.1, -0.05) is 44.2 Å². The molecule has 1 aromatic carbocycles. The zero-order valence-electron chi connectivity index (χ0n) is 19.3. The average molecular weight is 423 g/mol. The van der Waals surface area contributed by atoms with E-state index in [0.717, 1.165) is 16.6 Å². The number of amides is 1. The average Bonchev–Trinajstić information content (AvgIpc) is 3.54. The number of ketones is 1. The Morgan fingerprint density at radius 1 is 1.10 bits per heavy atom. The lowest BCUT2D eigenvalue weighted by Gasteiger charge is -2.23. The van der Waals surface area contributed by atoms with Crippen LogP contribution in [0.1, 0.15) is 32.3 Å². The minimum absolute atomic E-state index is 0.0226. The predicted molar refractivity (Wildman–Crippen MR) is 119 cm³/mol. The minimum Gasteiger partial charge on any atom is -0.445 e. The van der Waals surface area contributed by atoms with Crippen molar-refractivity contribution in [1.29, 1.82) is 0 Å². The second-order valence-corrected chi connectivity index (χ2v) is 8.98. The summed E-state index contributed by atoms with van der Waals surface area (Å²) in [6.45, 7) is 8.59. The molecule has 1 aliphatic rings. The summed E-state index contributed by atoms with van der Waals surface area (Å²) >= 11 is 0. The van der Waals surface area contributed by atoms with Crippen molar-refractivity contribution in [2.45, 2.75) is 39.3 Å². The van der Waals surface area contributed by atoms with E-state index in [1.807, 2.05) is 44.2 Å². The molecule has 7 nitrogen and oxygen atoms in total. The molecule has 0 aromatic heterocycles. The molecule has 30 heavy (non-hydrogen) atoms. The number of carbonyl (C=O) groups is 2. The summed E-state index contributed by atoms with van der Waals surface area (Å²) in [6, 6.07) is 8.91. The Morgan fingerprint density at radius 3 is 2.27 bits per heavy atom. The minimum atomic E-state index is -0.566. The highest BCUT2D eigenvalue weighted by atomic mass is 16.5. The van der Waals surface area contributed by atoms with Crippen molar-refractivity contribution in [1.82, 2.24) is 10.6 Å². The number of Topliss-reactive ketones (excluding diaryl/α,β-unsaturated/α-hetero) is 1. The van der Waals surface area contributed by atoms with Gasteiger partial charge in [-0.2, -0.15) is 0 Å². The van der Waals surface area contributed by atoms with Gasteiger partial charge in [-0.25, -0.2) is 4.79 Å². The van der Waals surface area contributed by atoms with Crippen molar-refractivity contribution in [2.24, 2.45) is 5.92 Å². The number of hydrogen-bond acceptors (Lipinski definition) is 5. The van der Waals surface area contributed by atoms with E-state index in [4.69, 9.17) is 9.47 Å². The lowest BCUT2D eigenvalue weighted by Crippen LogP contribution is -2.42. The monoisotopic (exact) mass is 422 g/mol. The number of ether oxygens (including phenoxy) is 2. The molecule has 0 unspecified atom stereocenters. The Balaban J connectivity index is 0.00000137. The standard InChI is InChI=1S/C21H34N2O4.C2H5N/c1-17(2)15-19(20(24)11-13-26-14-12-23(3,4)5)22-21(25)27-16-18-9-7-6-8-10-18;1-2-3-1/h6-10,17,19H,11-16H2,1-5H3;3H,1-2H2/p+1/t19-;/m0./s1. The molecule has 1 saturated heterocycles. The molecule has 1 aromatic rings. The lowest BCUT2D eigenvalue weighted by atomic mass is 9.99. The molecule has 170 valence electrons. The fourth-order valence-electron chi connectivity index (χ4n) is 2.44. The Kier molecular flexibility index (Phi) is 12.3. The third kappa shape index (κ3) is 15.0. The fraction of sp³-hybridized carbons (Fsp3) is 0.652. The van der Waals surface area contributed by atoms with E-state index in [9.17, 15) is 9.59 Å². The highest BCUT2D eigenvalue weighted by Crippen LogP contribution is 2.09. The molecule has 1 atom stereocenters. The van der Waals surface area contributed by atoms with Crippen LogP contribution >= 0.6 is 0 Å². The Labute approximate surface area is 181 Å². The van der Waals surface area contributed by atoms with Gasteiger partial charge in [-0.3, -0.25) is 4.79 Å². The SMILES string of the molecule is C1CN1.CC(C)C[C@H](NC(=O)OCc1ccccc1)C(=O)CCOCC[N+](C)(C)C. The van der Waals surface area contributed by atoms with Crippen molar-refractivity contribution < 1.29 is 23.5 Å². The fourth-order valence-corrected chi connectivity index (χ4v) is 2.44. The van der Waals surface area contributed by atoms with E-state index in [2.05, 4.69) is 31.8 Å². The van der Waals surface area contributed by atoms with Crippen LogP contribution in [0.15, 0.2) is 30.3 Å². The van der Waals surface area contributed by atoms with Gasteiger partial charge in [0.05, 0.1) is 40.4 Å². The van der Waals surface area contributed by atoms with Crippen LogP contribution in [0, 0.1) is 5.92 Å². The number of nitrogens with one attached hydrogen (secondary N) is 2. The van der Waals surface area contributed by atoms with E-state index in [1.54, 1.807) is 0 Å². The molecule has 7 heteroatoms. The van der Waals surface area contributed by atoms with Crippen LogP contribution in [-0.4, -0.2) is 76.4 Å². The third-order valence-electron chi connectivity index (χ3n) is 4.25. The topological polar surface area (TPSA) is 86.6 Å². The van der Waals surface area contributed by atoms with Crippen LogP contribution in [0.4, 0.5) is 4.79 Å². The zero-order chi connectivity index (χ0) is 22.4. The zero-order valence-corrected chi connectivity index (χ0v) is 19.3. The smallest absolute Gasteiger partial charge is 0.408 e. The van der Waals surface area contributed by atoms with Crippen LogP contribution in [-0.2, 0) is 20.9 Å². The summed E-state index contributed by atoms with van der Waals surface area (Å²) in [5.74, 6) is 0.262. The van der Waals surface area contributed by atoms with Gasteiger partial charge in [0, 0.05) is 19.5 Å². The van der Waals surface area contributed by atoms with Gasteiger partial charge in [-0.05, 0) is 17.9 Å². The van der Waals surface area contributed by atoms with E-state index < -0.39 is 12.1 Å². The first-order chi connectivity index (χ1) is 14.2. The van der Waals surface area contributed by atoms with Crippen molar-refractivity contribution in [3.8, 4) is 0 Å². The summed E-state index contributed by atoms with van der Waals surface area (Å²) in [4.78, 5) is 24.6. The normalized spacial score (nSPS) is 13.8. The Morgan fingerprint density at radius 2 is 1.73 bits per heavy atom. The van der Waals surface area contributed by atoms with Crippen LogP contribution < -0.4 is 10.6 Å². The molecular formula is C23H40N3O4+. The van der Waals surface area contributed by atoms with E-state index >= 15 is 0 Å². The van der Waals surface area contributed by atoms with Gasteiger partial charge in [0.25, 0.3) is 0 Å². The van der Waals surface area contributed by atoms with Gasteiger partial charge >= 0.3 is 6.09 Å². The van der Waals surface area contributed by atoms with Crippen molar-refractivity contribution in [3.05, 3.63) is 35.9 Å². The summed E-state index contributed by atoms with van der Waals surface area (Å²) in [6.07, 6.45) is 0.301. The number of quaternary nitrogens is 1. The summed E-state index contributed by atoms with van der Waals surface area (Å²) in [5, 5.41) is 5.71. The van der Waals surface area contributed by atoms with Crippen LogP contribution in [0.25, 0.3) is 0 Å². The maximum atomic E-state index is 12.5. The van der Waals surface area contributed by atoms with Gasteiger partial charge in [0.2, 0.25) is 0 Å². The molecule has 1 heterocycles. The number of hydrogen-bond donors (Lipinski definition) is 2. The third-order valence-corrected chi connectivity index (χ3v) is 4.25. The highest BCUT2D eigenvalue weighted by Gasteiger charge is 2.22. The summed E-state index contributed by atoms with van der Waals surface area (Å²) < 4.78 is 11.6. The maximum absolute atomic E-state index is 12.5. The highest BCUT2D eigenvalue weighted by molar-refractivity contribution is 5.87. The van der Waals surface area contributed by atoms with Gasteiger partial charge in [0.15, 0.2) is 5.78 Å². The van der Waals surface area contributed by atoms with Crippen LogP contribution in [0.5, 0.6) is 0 Å². The van der Waals surface area contributed by atoms with Gasteiger partial charge in [0.1, 0.15) is 13.2 Å². The molecule has 1 fully saturated rings. The molecule has 0 saturated carbocycles. The second-order valence-electron chi connectivity index (χ2n) is 8.98. The molecule has 0 aliphatic carbocycles. The Bertz CT molecular complexity index is 610. The molecule has 0 spiro atoms. The first-order valence-corrected chi connectivity index (χ1v) is 10.8. The van der Waals surface area contributed by atoms with Crippen LogP contribution in [0.2, 0.25) is 0 Å². The number of alkyl carbamates (subject to hydrolysis) is 1. The maximum Gasteiger partial charge on any atom is 0.408 e. The summed E-state index contributed by atoms with van der Waals surface area (Å²) in [5.41, 5.74) is 0.907. The van der Waals surface area contributed by atoms with Gasteiger partial charge in [-0.15, -0.1) is 0 Å². The first-order valence-electron chi connectivity index (χ1n) is 10.8. The lowest BCUT2D eigenvalue weighted by molar-refractivity contribution is -0.870. The van der Waals surface area contributed by atoms with Crippen molar-refractivity contribution in [3.63, 3.8) is 0 Å². The number of carbonyl (C=O) groups excluding carboxylic acids is 2. The number of likely N-dealkylation sites (N-methyl/N-ethyl adjacent to an activating group) is 1. The molecule has 1 amide bonds. The summed E-state index contributed by atoms with van der Waals surface area (Å²) in [7, 11) is 6.29. The first kappa shape index (κ1) is 26.1. The van der Waals surface area contributed by atoms with Crippen molar-refractivity contribution in [2.75, 3.05) is 54.0 Å². The largest absolute Gasteiger partial charge is 0.445 e. The second kappa shape index (κ2) is 14.1. The molecule has 0 bridgehead atoms. The van der Waals surface area contributed by atoms with Gasteiger partial charge < -0.3 is 24.6 Å². The molecule has 1 aliphatic heterocycles. The Hall–Kier alpha value is -1.96. The van der Waals surface area contributed by atoms with E-state index in [1.165, 1.54) is 13.1 Å². The van der Waals surface area contributed by atoms with Crippen LogP contribution in [0.3, 0.4) is 0 Å². The predicted octanol–water partition coefficient (Wildman–Crippen LogP) is 2.60. The van der Waals surface area contributed by atoms with E-state index in [0.29, 0.717) is 19.6 Å². The van der Waals surface area contributed by atoms with E-state index in [-0.39, 0.29) is 24.7 Å².